The maximum absolute atomic E-state index is 10.5. The number of hydrogen-bond donors (Lipinski definition) is 1. The molecule has 231 valence electrons. The van der Waals surface area contributed by atoms with E-state index in [1.165, 1.54) is 11.1 Å². The molecule has 1 radical (unpaired) electrons. The number of rotatable bonds is 9. The van der Waals surface area contributed by atoms with Crippen molar-refractivity contribution in [2.45, 2.75) is 38.9 Å². The standard InChI is InChI=1S/C42H37BNO3/c1-41(2,45)42(3,4)47-43-32-21-27-35(28-22-32)44(33-23-17-30(18-24-33)29-11-6-5-7-12-29)34-25-19-31(20-26-34)36-14-10-15-38-37-13-8-9-16-39(37)46-40(36)38/h5-28,45H,1-4H3. The van der Waals surface area contributed by atoms with E-state index in [0.29, 0.717) is 0 Å². The van der Waals surface area contributed by atoms with Crippen molar-refractivity contribution < 1.29 is 14.2 Å². The first-order chi connectivity index (χ1) is 22.7. The monoisotopic (exact) mass is 614 g/mol. The molecule has 7 rings (SSSR count). The van der Waals surface area contributed by atoms with Gasteiger partial charge < -0.3 is 19.1 Å². The Labute approximate surface area is 277 Å². The van der Waals surface area contributed by atoms with Crippen molar-refractivity contribution >= 4 is 51.9 Å². The number of anilines is 3. The highest BCUT2D eigenvalue weighted by molar-refractivity contribution is 6.47. The van der Waals surface area contributed by atoms with Crippen LogP contribution in [-0.4, -0.2) is 23.8 Å². The second kappa shape index (κ2) is 12.3. The fourth-order valence-electron chi connectivity index (χ4n) is 5.71. The summed E-state index contributed by atoms with van der Waals surface area (Å²) in [7, 11) is 1.72. The molecule has 0 spiro atoms. The molecule has 4 nitrogen and oxygen atoms in total. The van der Waals surface area contributed by atoms with Crippen molar-refractivity contribution in [3.63, 3.8) is 0 Å². The zero-order valence-corrected chi connectivity index (χ0v) is 27.1. The van der Waals surface area contributed by atoms with E-state index in [1.807, 2.05) is 50.2 Å². The van der Waals surface area contributed by atoms with Gasteiger partial charge >= 0.3 is 7.48 Å². The van der Waals surface area contributed by atoms with Crippen LogP contribution < -0.4 is 10.4 Å². The van der Waals surface area contributed by atoms with Crippen LogP contribution >= 0.6 is 0 Å². The number of nitrogens with zero attached hydrogens (tertiary/aromatic N) is 1. The largest absolute Gasteiger partial charge is 0.455 e. The van der Waals surface area contributed by atoms with E-state index in [-0.39, 0.29) is 0 Å². The molecule has 0 saturated heterocycles. The van der Waals surface area contributed by atoms with Crippen LogP contribution in [0, 0.1) is 0 Å². The van der Waals surface area contributed by atoms with Gasteiger partial charge in [0.25, 0.3) is 0 Å². The Morgan fingerprint density at radius 1 is 0.553 bits per heavy atom. The van der Waals surface area contributed by atoms with Gasteiger partial charge in [0.1, 0.15) is 11.2 Å². The summed E-state index contributed by atoms with van der Waals surface area (Å²) in [6, 6.07) is 50.6. The first-order valence-electron chi connectivity index (χ1n) is 16.0. The molecule has 0 aliphatic heterocycles. The average Bonchev–Trinajstić information content (AvgIpc) is 3.48. The molecule has 0 aliphatic carbocycles. The topological polar surface area (TPSA) is 45.8 Å². The number of furan rings is 1. The summed E-state index contributed by atoms with van der Waals surface area (Å²) in [4.78, 5) is 2.26. The fraction of sp³-hybridized carbons (Fsp3) is 0.143. The average molecular weight is 615 g/mol. The third-order valence-corrected chi connectivity index (χ3v) is 9.19. The lowest BCUT2D eigenvalue weighted by Gasteiger charge is -2.37. The van der Waals surface area contributed by atoms with Crippen LogP contribution in [-0.2, 0) is 4.65 Å². The van der Waals surface area contributed by atoms with Crippen LogP contribution in [0.4, 0.5) is 17.1 Å². The van der Waals surface area contributed by atoms with Gasteiger partial charge in [0.2, 0.25) is 0 Å². The zero-order valence-electron chi connectivity index (χ0n) is 27.1. The normalized spacial score (nSPS) is 12.0. The fourth-order valence-corrected chi connectivity index (χ4v) is 5.71. The molecule has 0 fully saturated rings. The number of hydrogen-bond acceptors (Lipinski definition) is 4. The van der Waals surface area contributed by atoms with Gasteiger partial charge in [-0.25, -0.2) is 0 Å². The van der Waals surface area contributed by atoms with E-state index in [9.17, 15) is 5.11 Å². The lowest BCUT2D eigenvalue weighted by Crippen LogP contribution is -2.49. The molecule has 47 heavy (non-hydrogen) atoms. The quantitative estimate of drug-likeness (QED) is 0.164. The summed E-state index contributed by atoms with van der Waals surface area (Å²) < 4.78 is 12.3. The maximum Gasteiger partial charge on any atom is 0.330 e. The molecule has 0 amide bonds. The van der Waals surface area contributed by atoms with Crippen molar-refractivity contribution in [1.82, 2.24) is 0 Å². The molecular formula is C42H37BNO3. The van der Waals surface area contributed by atoms with Crippen molar-refractivity contribution in [3.05, 3.63) is 146 Å². The van der Waals surface area contributed by atoms with E-state index in [0.717, 1.165) is 55.6 Å². The maximum atomic E-state index is 10.5. The Hall–Kier alpha value is -5.10. The van der Waals surface area contributed by atoms with E-state index in [1.54, 1.807) is 21.3 Å². The summed E-state index contributed by atoms with van der Waals surface area (Å²) in [5.74, 6) is 0. The molecule has 1 N–H and O–H groups in total. The van der Waals surface area contributed by atoms with Gasteiger partial charge in [0.15, 0.2) is 0 Å². The molecule has 1 aromatic heterocycles. The van der Waals surface area contributed by atoms with Crippen LogP contribution in [0.1, 0.15) is 27.7 Å². The number of para-hydroxylation sites is 2. The summed E-state index contributed by atoms with van der Waals surface area (Å²) in [6.45, 7) is 7.29. The van der Waals surface area contributed by atoms with Crippen molar-refractivity contribution in [3.8, 4) is 22.3 Å². The SMILES string of the molecule is CC(C)(O)C(C)(C)O[B]c1ccc(N(c2ccc(-c3ccccc3)cc2)c2ccc(-c3cccc4c3oc3ccccc34)cc2)cc1. The van der Waals surface area contributed by atoms with Crippen molar-refractivity contribution in [1.29, 1.82) is 0 Å². The molecule has 5 heteroatoms. The van der Waals surface area contributed by atoms with Gasteiger partial charge in [-0.2, -0.15) is 0 Å². The number of aliphatic hydroxyl groups is 1. The molecule has 0 atom stereocenters. The van der Waals surface area contributed by atoms with Gasteiger partial charge in [-0.15, -0.1) is 0 Å². The number of fused-ring (bicyclic) bond motifs is 3. The van der Waals surface area contributed by atoms with E-state index in [4.69, 9.17) is 9.07 Å². The Bertz CT molecular complexity index is 2130. The minimum absolute atomic E-state index is 0.743. The zero-order chi connectivity index (χ0) is 32.6. The molecule has 0 bridgehead atoms. The molecule has 7 aromatic rings. The Kier molecular flexibility index (Phi) is 7.97. The lowest BCUT2D eigenvalue weighted by atomic mass is 9.82. The van der Waals surface area contributed by atoms with Gasteiger partial charge in [-0.05, 0) is 86.8 Å². The van der Waals surface area contributed by atoms with Crippen LogP contribution in [0.5, 0.6) is 0 Å². The molecular weight excluding hydrogens is 577 g/mol. The smallest absolute Gasteiger partial charge is 0.330 e. The lowest BCUT2D eigenvalue weighted by molar-refractivity contribution is -0.0893. The summed E-state index contributed by atoms with van der Waals surface area (Å²) in [6.07, 6.45) is 0. The first kappa shape index (κ1) is 30.6. The van der Waals surface area contributed by atoms with Crippen molar-refractivity contribution in [2.24, 2.45) is 0 Å². The minimum atomic E-state index is -0.992. The van der Waals surface area contributed by atoms with Crippen LogP contribution in [0.25, 0.3) is 44.2 Å². The van der Waals surface area contributed by atoms with E-state index < -0.39 is 11.2 Å². The van der Waals surface area contributed by atoms with E-state index >= 15 is 0 Å². The second-order valence-electron chi connectivity index (χ2n) is 13.0. The summed E-state index contributed by atoms with van der Waals surface area (Å²) in [5.41, 5.74) is 8.59. The van der Waals surface area contributed by atoms with Crippen LogP contribution in [0.2, 0.25) is 0 Å². The summed E-state index contributed by atoms with van der Waals surface area (Å²) in [5, 5.41) is 12.8. The van der Waals surface area contributed by atoms with Gasteiger partial charge in [0.05, 0.1) is 11.2 Å². The predicted octanol–water partition coefficient (Wildman–Crippen LogP) is 10.2. The van der Waals surface area contributed by atoms with Gasteiger partial charge in [-0.1, -0.05) is 109 Å². The van der Waals surface area contributed by atoms with Crippen molar-refractivity contribution in [2.75, 3.05) is 4.90 Å². The highest BCUT2D eigenvalue weighted by atomic mass is 16.5. The molecule has 0 aliphatic rings. The highest BCUT2D eigenvalue weighted by Crippen LogP contribution is 2.39. The third-order valence-electron chi connectivity index (χ3n) is 9.19. The summed E-state index contributed by atoms with van der Waals surface area (Å²) >= 11 is 0. The number of benzene rings is 6. The highest BCUT2D eigenvalue weighted by Gasteiger charge is 2.35. The first-order valence-corrected chi connectivity index (χ1v) is 16.0. The van der Waals surface area contributed by atoms with Gasteiger partial charge in [-0.3, -0.25) is 0 Å². The predicted molar refractivity (Wildman–Crippen MR) is 196 cm³/mol. The van der Waals surface area contributed by atoms with Crippen LogP contribution in [0.3, 0.4) is 0 Å². The third kappa shape index (κ3) is 6.08. The second-order valence-corrected chi connectivity index (χ2v) is 13.0. The molecule has 0 unspecified atom stereocenters. The minimum Gasteiger partial charge on any atom is -0.455 e. The van der Waals surface area contributed by atoms with Crippen LogP contribution in [0.15, 0.2) is 150 Å². The van der Waals surface area contributed by atoms with Gasteiger partial charge in [0, 0.05) is 33.4 Å². The molecule has 0 saturated carbocycles. The molecule has 1 heterocycles. The molecule has 6 aromatic carbocycles. The van der Waals surface area contributed by atoms with E-state index in [2.05, 4.69) is 114 Å². The Morgan fingerprint density at radius 2 is 1.09 bits per heavy atom. The Balaban J connectivity index is 1.23. The Morgan fingerprint density at radius 3 is 1.72 bits per heavy atom.